The zero-order valence-corrected chi connectivity index (χ0v) is 16.3. The van der Waals surface area contributed by atoms with Gasteiger partial charge in [0.1, 0.15) is 6.10 Å². The van der Waals surface area contributed by atoms with E-state index in [9.17, 15) is 9.90 Å². The summed E-state index contributed by atoms with van der Waals surface area (Å²) in [6, 6.07) is 21.1. The highest BCUT2D eigenvalue weighted by atomic mass is 16.3. The highest BCUT2D eigenvalue weighted by molar-refractivity contribution is 5.96. The van der Waals surface area contributed by atoms with Gasteiger partial charge < -0.3 is 15.0 Å². The van der Waals surface area contributed by atoms with Gasteiger partial charge in [0.05, 0.1) is 11.6 Å². The lowest BCUT2D eigenvalue weighted by atomic mass is 9.95. The van der Waals surface area contributed by atoms with Gasteiger partial charge >= 0.3 is 0 Å². The third kappa shape index (κ3) is 3.60. The molecule has 4 rings (SSSR count). The first-order valence-corrected chi connectivity index (χ1v) is 9.83. The summed E-state index contributed by atoms with van der Waals surface area (Å²) < 4.78 is 2.26. The number of carbonyl (C=O) groups excluding carboxylic acids is 1. The summed E-state index contributed by atoms with van der Waals surface area (Å²) in [6.45, 7) is 4.06. The van der Waals surface area contributed by atoms with Gasteiger partial charge in [0.15, 0.2) is 0 Å². The molecule has 0 radical (unpaired) electrons. The first-order chi connectivity index (χ1) is 13.6. The van der Waals surface area contributed by atoms with E-state index in [1.165, 1.54) is 12.8 Å². The molecule has 3 aromatic rings. The molecule has 4 heteroatoms. The summed E-state index contributed by atoms with van der Waals surface area (Å²) in [5.41, 5.74) is 4.46. The van der Waals surface area contributed by atoms with Crippen molar-refractivity contribution >= 4 is 5.91 Å². The average Bonchev–Trinajstić information content (AvgIpc) is 3.51. The van der Waals surface area contributed by atoms with Gasteiger partial charge in [0.25, 0.3) is 5.91 Å². The van der Waals surface area contributed by atoms with Crippen LogP contribution in [-0.2, 0) is 0 Å². The number of carbonyl (C=O) groups is 1. The number of benzene rings is 2. The first-order valence-electron chi connectivity index (χ1n) is 9.83. The molecule has 0 bridgehead atoms. The smallest absolute Gasteiger partial charge is 0.253 e. The van der Waals surface area contributed by atoms with Crippen LogP contribution in [0, 0.1) is 13.8 Å². The maximum atomic E-state index is 13.2. The summed E-state index contributed by atoms with van der Waals surface area (Å²) in [4.78, 5) is 13.2. The van der Waals surface area contributed by atoms with Crippen LogP contribution in [0.4, 0.5) is 0 Å². The van der Waals surface area contributed by atoms with Gasteiger partial charge in [-0.15, -0.1) is 0 Å². The monoisotopic (exact) mass is 374 g/mol. The average molecular weight is 374 g/mol. The number of aromatic nitrogens is 1. The predicted octanol–water partition coefficient (Wildman–Crippen LogP) is 4.64. The maximum Gasteiger partial charge on any atom is 0.253 e. The van der Waals surface area contributed by atoms with Gasteiger partial charge in [0, 0.05) is 17.4 Å². The molecule has 1 aliphatic rings. The van der Waals surface area contributed by atoms with Gasteiger partial charge in [-0.25, -0.2) is 0 Å². The van der Waals surface area contributed by atoms with Crippen LogP contribution in [0.25, 0.3) is 0 Å². The van der Waals surface area contributed by atoms with Crippen molar-refractivity contribution in [3.8, 4) is 0 Å². The van der Waals surface area contributed by atoms with E-state index < -0.39 is 12.1 Å². The number of hydrogen-bond donors (Lipinski definition) is 2. The molecular weight excluding hydrogens is 348 g/mol. The Morgan fingerprint density at radius 1 is 1.00 bits per heavy atom. The molecular formula is C24H26N2O2. The Morgan fingerprint density at radius 2 is 1.57 bits per heavy atom. The van der Waals surface area contributed by atoms with Crippen LogP contribution in [0.3, 0.4) is 0 Å². The van der Waals surface area contributed by atoms with E-state index in [2.05, 4.69) is 16.8 Å². The molecule has 1 aromatic heterocycles. The van der Waals surface area contributed by atoms with Crippen molar-refractivity contribution < 1.29 is 9.90 Å². The molecule has 2 atom stereocenters. The van der Waals surface area contributed by atoms with Crippen LogP contribution in [0.5, 0.6) is 0 Å². The number of amides is 1. The number of nitrogens with zero attached hydrogens (tertiary/aromatic N) is 1. The van der Waals surface area contributed by atoms with Crippen LogP contribution < -0.4 is 5.32 Å². The molecule has 1 fully saturated rings. The van der Waals surface area contributed by atoms with Crippen molar-refractivity contribution in [2.45, 2.75) is 44.9 Å². The summed E-state index contributed by atoms with van der Waals surface area (Å²) in [5.74, 6) is -0.149. The quantitative estimate of drug-likeness (QED) is 0.660. The number of nitrogens with one attached hydrogen (secondary N) is 1. The van der Waals surface area contributed by atoms with Crippen molar-refractivity contribution in [2.24, 2.45) is 0 Å². The van der Waals surface area contributed by atoms with E-state index in [1.807, 2.05) is 73.7 Å². The summed E-state index contributed by atoms with van der Waals surface area (Å²) in [7, 11) is 0. The first kappa shape index (κ1) is 18.5. The van der Waals surface area contributed by atoms with E-state index in [-0.39, 0.29) is 5.91 Å². The molecule has 144 valence electrons. The van der Waals surface area contributed by atoms with E-state index in [0.29, 0.717) is 11.6 Å². The molecule has 0 aliphatic heterocycles. The molecule has 1 saturated carbocycles. The highest BCUT2D eigenvalue weighted by Crippen LogP contribution is 2.38. The van der Waals surface area contributed by atoms with Gasteiger partial charge in [-0.3, -0.25) is 4.79 Å². The summed E-state index contributed by atoms with van der Waals surface area (Å²) >= 11 is 0. The highest BCUT2D eigenvalue weighted by Gasteiger charge is 2.30. The van der Waals surface area contributed by atoms with Crippen LogP contribution in [0.15, 0.2) is 66.7 Å². The molecule has 0 saturated heterocycles. The van der Waals surface area contributed by atoms with Crippen molar-refractivity contribution in [1.82, 2.24) is 9.88 Å². The Hall–Kier alpha value is -2.85. The normalized spacial score (nSPS) is 15.8. The standard InChI is InChI=1S/C24H26N2O2/c1-16-15-21(17(2)26(16)20-13-14-20)24(28)25-22(18-9-5-3-6-10-18)23(27)19-11-7-4-8-12-19/h3-12,15,20,22-23,27H,13-14H2,1-2H3,(H,25,28)/t22-,23+/m0/s1. The minimum absolute atomic E-state index is 0.149. The summed E-state index contributed by atoms with van der Waals surface area (Å²) in [5, 5.41) is 14.1. The topological polar surface area (TPSA) is 54.3 Å². The van der Waals surface area contributed by atoms with Crippen LogP contribution in [-0.4, -0.2) is 15.6 Å². The number of hydrogen-bond acceptors (Lipinski definition) is 2. The zero-order chi connectivity index (χ0) is 19.7. The van der Waals surface area contributed by atoms with Gasteiger partial charge in [-0.1, -0.05) is 60.7 Å². The van der Waals surface area contributed by atoms with Crippen LogP contribution in [0.2, 0.25) is 0 Å². The van der Waals surface area contributed by atoms with Crippen molar-refractivity contribution in [2.75, 3.05) is 0 Å². The van der Waals surface area contributed by atoms with Gasteiger partial charge in [-0.2, -0.15) is 0 Å². The molecule has 0 spiro atoms. The van der Waals surface area contributed by atoms with E-state index in [0.717, 1.165) is 22.5 Å². The molecule has 1 heterocycles. The zero-order valence-electron chi connectivity index (χ0n) is 16.3. The van der Waals surface area contributed by atoms with Crippen molar-refractivity contribution in [3.63, 3.8) is 0 Å². The second-order valence-electron chi connectivity index (χ2n) is 7.60. The second-order valence-corrected chi connectivity index (χ2v) is 7.60. The Labute approximate surface area is 165 Å². The number of aliphatic hydroxyl groups excluding tert-OH is 1. The van der Waals surface area contributed by atoms with E-state index >= 15 is 0 Å². The van der Waals surface area contributed by atoms with E-state index in [4.69, 9.17) is 0 Å². The second kappa shape index (κ2) is 7.64. The molecule has 1 aliphatic carbocycles. The minimum Gasteiger partial charge on any atom is -0.386 e. The van der Waals surface area contributed by atoms with Crippen molar-refractivity contribution in [1.29, 1.82) is 0 Å². The third-order valence-corrected chi connectivity index (χ3v) is 5.54. The molecule has 2 N–H and O–H groups in total. The fourth-order valence-electron chi connectivity index (χ4n) is 3.97. The Morgan fingerprint density at radius 3 is 2.14 bits per heavy atom. The lowest BCUT2D eigenvalue weighted by molar-refractivity contribution is 0.0831. The van der Waals surface area contributed by atoms with Crippen molar-refractivity contribution in [3.05, 3.63) is 94.8 Å². The molecule has 28 heavy (non-hydrogen) atoms. The van der Waals surface area contributed by atoms with Gasteiger partial charge in [0.2, 0.25) is 0 Å². The number of aryl methyl sites for hydroxylation is 1. The van der Waals surface area contributed by atoms with E-state index in [1.54, 1.807) is 0 Å². The fraction of sp³-hybridized carbons (Fsp3) is 0.292. The third-order valence-electron chi connectivity index (χ3n) is 5.54. The number of rotatable bonds is 6. The minimum atomic E-state index is -0.834. The van der Waals surface area contributed by atoms with Crippen LogP contribution >= 0.6 is 0 Å². The summed E-state index contributed by atoms with van der Waals surface area (Å²) in [6.07, 6.45) is 1.52. The number of aliphatic hydroxyl groups is 1. The Balaban J connectivity index is 1.64. The maximum absolute atomic E-state index is 13.2. The predicted molar refractivity (Wildman–Crippen MR) is 110 cm³/mol. The fourth-order valence-corrected chi connectivity index (χ4v) is 3.97. The van der Waals surface area contributed by atoms with Crippen LogP contribution in [0.1, 0.15) is 63.9 Å². The molecule has 4 nitrogen and oxygen atoms in total. The lowest BCUT2D eigenvalue weighted by Crippen LogP contribution is -2.33. The molecule has 2 aromatic carbocycles. The Kier molecular flexibility index (Phi) is 5.05. The largest absolute Gasteiger partial charge is 0.386 e. The van der Waals surface area contributed by atoms with Gasteiger partial charge in [-0.05, 0) is 43.9 Å². The Bertz CT molecular complexity index is 959. The SMILES string of the molecule is Cc1cc(C(=O)N[C@@H](c2ccccc2)[C@H](O)c2ccccc2)c(C)n1C1CC1. The molecule has 1 amide bonds. The lowest BCUT2D eigenvalue weighted by Gasteiger charge is -2.25. The molecule has 0 unspecified atom stereocenters.